The van der Waals surface area contributed by atoms with Gasteiger partial charge in [-0.25, -0.2) is 0 Å². The molecular weight excluding hydrogens is 166 g/mol. The van der Waals surface area contributed by atoms with Crippen LogP contribution in [0.4, 0.5) is 0 Å². The van der Waals surface area contributed by atoms with Gasteiger partial charge < -0.3 is 10.2 Å². The van der Waals surface area contributed by atoms with Crippen molar-refractivity contribution in [3.05, 3.63) is 24.2 Å². The summed E-state index contributed by atoms with van der Waals surface area (Å²) in [6.45, 7) is 2.46. The smallest absolute Gasteiger partial charge is 0.143 e. The van der Waals surface area contributed by atoms with E-state index in [2.05, 4.69) is 0 Å². The largest absolute Gasteiger partial charge is 0.469 e. The van der Waals surface area contributed by atoms with E-state index in [1.54, 1.807) is 12.3 Å². The van der Waals surface area contributed by atoms with E-state index in [0.29, 0.717) is 13.0 Å². The molecule has 0 aliphatic rings. The third-order valence-corrected chi connectivity index (χ3v) is 2.08. The van der Waals surface area contributed by atoms with Gasteiger partial charge in [-0.3, -0.25) is 4.79 Å². The van der Waals surface area contributed by atoms with E-state index in [9.17, 15) is 4.79 Å². The summed E-state index contributed by atoms with van der Waals surface area (Å²) in [6, 6.07) is 3.60. The first-order chi connectivity index (χ1) is 6.24. The van der Waals surface area contributed by atoms with E-state index in [1.807, 2.05) is 13.0 Å². The Kier molecular flexibility index (Phi) is 3.71. The fraction of sp³-hybridized carbons (Fsp3) is 0.500. The molecule has 13 heavy (non-hydrogen) atoms. The molecule has 0 aromatic carbocycles. The first kappa shape index (κ1) is 9.99. The molecule has 0 bridgehead atoms. The first-order valence-corrected chi connectivity index (χ1v) is 4.49. The van der Waals surface area contributed by atoms with Crippen LogP contribution in [-0.4, -0.2) is 12.3 Å². The SMILES string of the molecule is CC(CCN)C(=O)Cc1ccco1. The number of hydrogen-bond acceptors (Lipinski definition) is 3. The maximum atomic E-state index is 11.5. The second-order valence-corrected chi connectivity index (χ2v) is 3.20. The molecule has 0 saturated carbocycles. The highest BCUT2D eigenvalue weighted by atomic mass is 16.3. The minimum absolute atomic E-state index is 0.0371. The average molecular weight is 181 g/mol. The second kappa shape index (κ2) is 4.82. The third-order valence-electron chi connectivity index (χ3n) is 2.08. The van der Waals surface area contributed by atoms with Gasteiger partial charge in [0.2, 0.25) is 0 Å². The number of furan rings is 1. The van der Waals surface area contributed by atoms with Crippen LogP contribution in [0.5, 0.6) is 0 Å². The lowest BCUT2D eigenvalue weighted by Gasteiger charge is -2.06. The van der Waals surface area contributed by atoms with Crippen LogP contribution in [0, 0.1) is 5.92 Å². The molecule has 0 fully saturated rings. The van der Waals surface area contributed by atoms with Gasteiger partial charge in [-0.2, -0.15) is 0 Å². The van der Waals surface area contributed by atoms with Gasteiger partial charge in [0, 0.05) is 5.92 Å². The Bertz CT molecular complexity index is 254. The fourth-order valence-electron chi connectivity index (χ4n) is 1.17. The molecule has 1 unspecified atom stereocenters. The fourth-order valence-corrected chi connectivity index (χ4v) is 1.17. The normalized spacial score (nSPS) is 12.8. The highest BCUT2D eigenvalue weighted by Gasteiger charge is 2.13. The van der Waals surface area contributed by atoms with Crippen molar-refractivity contribution >= 4 is 5.78 Å². The highest BCUT2D eigenvalue weighted by molar-refractivity contribution is 5.82. The molecule has 1 aromatic rings. The van der Waals surface area contributed by atoms with E-state index in [-0.39, 0.29) is 11.7 Å². The summed E-state index contributed by atoms with van der Waals surface area (Å²) >= 11 is 0. The van der Waals surface area contributed by atoms with Gasteiger partial charge in [-0.15, -0.1) is 0 Å². The molecule has 1 atom stereocenters. The standard InChI is InChI=1S/C10H15NO2/c1-8(4-5-11)10(12)7-9-3-2-6-13-9/h2-3,6,8H,4-5,7,11H2,1H3. The van der Waals surface area contributed by atoms with E-state index in [1.165, 1.54) is 0 Å². The monoisotopic (exact) mass is 181 g/mol. The van der Waals surface area contributed by atoms with Crippen LogP contribution in [-0.2, 0) is 11.2 Å². The number of nitrogens with two attached hydrogens (primary N) is 1. The van der Waals surface area contributed by atoms with Crippen LogP contribution in [0.15, 0.2) is 22.8 Å². The van der Waals surface area contributed by atoms with Crippen LogP contribution in [0.2, 0.25) is 0 Å². The van der Waals surface area contributed by atoms with Crippen molar-refractivity contribution in [3.8, 4) is 0 Å². The lowest BCUT2D eigenvalue weighted by molar-refractivity contribution is -0.122. The summed E-state index contributed by atoms with van der Waals surface area (Å²) in [7, 11) is 0. The summed E-state index contributed by atoms with van der Waals surface area (Å²) < 4.78 is 5.08. The number of rotatable bonds is 5. The van der Waals surface area contributed by atoms with Crippen LogP contribution in [0.1, 0.15) is 19.1 Å². The third kappa shape index (κ3) is 3.03. The molecule has 2 N–H and O–H groups in total. The summed E-state index contributed by atoms with van der Waals surface area (Å²) in [4.78, 5) is 11.5. The van der Waals surface area contributed by atoms with Crippen molar-refractivity contribution in [1.82, 2.24) is 0 Å². The average Bonchev–Trinajstić information content (AvgIpc) is 2.57. The van der Waals surface area contributed by atoms with Gasteiger partial charge in [0.05, 0.1) is 12.7 Å². The Morgan fingerprint density at radius 2 is 2.46 bits per heavy atom. The van der Waals surface area contributed by atoms with Gasteiger partial charge in [-0.05, 0) is 25.1 Å². The Balaban J connectivity index is 2.41. The number of ketones is 1. The molecule has 1 aromatic heterocycles. The molecular formula is C10H15NO2. The Morgan fingerprint density at radius 3 is 3.00 bits per heavy atom. The number of hydrogen-bond donors (Lipinski definition) is 1. The minimum atomic E-state index is 0.0371. The topological polar surface area (TPSA) is 56.2 Å². The van der Waals surface area contributed by atoms with E-state index in [0.717, 1.165) is 12.2 Å². The molecule has 3 heteroatoms. The quantitative estimate of drug-likeness (QED) is 0.746. The maximum Gasteiger partial charge on any atom is 0.143 e. The lowest BCUT2D eigenvalue weighted by atomic mass is 9.99. The van der Waals surface area contributed by atoms with Crippen molar-refractivity contribution < 1.29 is 9.21 Å². The second-order valence-electron chi connectivity index (χ2n) is 3.20. The summed E-state index contributed by atoms with van der Waals surface area (Å²) in [6.07, 6.45) is 2.71. The molecule has 0 saturated heterocycles. The Labute approximate surface area is 77.9 Å². The zero-order chi connectivity index (χ0) is 9.68. The minimum Gasteiger partial charge on any atom is -0.469 e. The predicted molar refractivity (Wildman–Crippen MR) is 50.3 cm³/mol. The molecule has 0 spiro atoms. The molecule has 0 aliphatic carbocycles. The van der Waals surface area contributed by atoms with Crippen molar-refractivity contribution in [2.45, 2.75) is 19.8 Å². The molecule has 0 radical (unpaired) electrons. The van der Waals surface area contributed by atoms with Gasteiger partial charge in [0.1, 0.15) is 11.5 Å². The molecule has 1 rings (SSSR count). The van der Waals surface area contributed by atoms with Crippen LogP contribution >= 0.6 is 0 Å². The zero-order valence-corrected chi connectivity index (χ0v) is 7.82. The molecule has 3 nitrogen and oxygen atoms in total. The van der Waals surface area contributed by atoms with E-state index < -0.39 is 0 Å². The predicted octanol–water partition coefficient (Wildman–Crippen LogP) is 1.38. The zero-order valence-electron chi connectivity index (χ0n) is 7.82. The van der Waals surface area contributed by atoms with Crippen molar-refractivity contribution in [1.29, 1.82) is 0 Å². The molecule has 0 amide bonds. The van der Waals surface area contributed by atoms with Gasteiger partial charge in [0.25, 0.3) is 0 Å². The van der Waals surface area contributed by atoms with E-state index in [4.69, 9.17) is 10.2 Å². The first-order valence-electron chi connectivity index (χ1n) is 4.49. The Hall–Kier alpha value is -1.09. The summed E-state index contributed by atoms with van der Waals surface area (Å²) in [5.74, 6) is 0.962. The maximum absolute atomic E-state index is 11.5. The number of Topliss-reactive ketones (excluding diaryl/α,β-unsaturated/α-hetero) is 1. The molecule has 1 heterocycles. The van der Waals surface area contributed by atoms with Crippen molar-refractivity contribution in [2.24, 2.45) is 11.7 Å². The highest BCUT2D eigenvalue weighted by Crippen LogP contribution is 2.08. The van der Waals surface area contributed by atoms with Crippen LogP contribution in [0.3, 0.4) is 0 Å². The van der Waals surface area contributed by atoms with Gasteiger partial charge in [-0.1, -0.05) is 6.92 Å². The number of carbonyl (C=O) groups is 1. The molecule has 0 aliphatic heterocycles. The van der Waals surface area contributed by atoms with Crippen molar-refractivity contribution in [3.63, 3.8) is 0 Å². The van der Waals surface area contributed by atoms with Gasteiger partial charge in [0.15, 0.2) is 0 Å². The van der Waals surface area contributed by atoms with Crippen LogP contribution in [0.25, 0.3) is 0 Å². The lowest BCUT2D eigenvalue weighted by Crippen LogP contribution is -2.17. The molecule has 72 valence electrons. The van der Waals surface area contributed by atoms with Crippen LogP contribution < -0.4 is 5.73 Å². The van der Waals surface area contributed by atoms with Gasteiger partial charge >= 0.3 is 0 Å². The van der Waals surface area contributed by atoms with Crippen molar-refractivity contribution in [2.75, 3.05) is 6.54 Å². The number of carbonyl (C=O) groups excluding carboxylic acids is 1. The van der Waals surface area contributed by atoms with E-state index >= 15 is 0 Å². The summed E-state index contributed by atoms with van der Waals surface area (Å²) in [5.41, 5.74) is 5.36. The summed E-state index contributed by atoms with van der Waals surface area (Å²) in [5, 5.41) is 0. The Morgan fingerprint density at radius 1 is 1.69 bits per heavy atom.